The Hall–Kier alpha value is -1.64. The first-order valence-electron chi connectivity index (χ1n) is 5.51. The standard InChI is InChI=1S/C11H8ClN5OS2/c12-7-3-1-6(2-4-7)9-14-8(18-17-9)5-19-11-16-15-10(13)20-11/h1-4H,5H2,(H2,13,15). The van der Waals surface area contributed by atoms with Gasteiger partial charge in [-0.25, -0.2) is 0 Å². The van der Waals surface area contributed by atoms with Crippen LogP contribution in [0.15, 0.2) is 33.1 Å². The van der Waals surface area contributed by atoms with Gasteiger partial charge >= 0.3 is 0 Å². The summed E-state index contributed by atoms with van der Waals surface area (Å²) in [6, 6.07) is 7.25. The number of hydrogen-bond donors (Lipinski definition) is 1. The second-order valence-electron chi connectivity index (χ2n) is 3.71. The number of thioether (sulfide) groups is 1. The quantitative estimate of drug-likeness (QED) is 0.737. The van der Waals surface area contributed by atoms with Crippen molar-refractivity contribution in [1.29, 1.82) is 0 Å². The molecule has 0 spiro atoms. The summed E-state index contributed by atoms with van der Waals surface area (Å²) >= 11 is 8.61. The fraction of sp³-hybridized carbons (Fsp3) is 0.0909. The first-order chi connectivity index (χ1) is 9.70. The molecule has 0 atom stereocenters. The summed E-state index contributed by atoms with van der Waals surface area (Å²) in [6.45, 7) is 0. The molecular weight excluding hydrogens is 318 g/mol. The SMILES string of the molecule is Nc1nnc(SCc2nc(-c3ccc(Cl)cc3)no2)s1. The summed E-state index contributed by atoms with van der Waals surface area (Å²) in [7, 11) is 0. The lowest BCUT2D eigenvalue weighted by atomic mass is 10.2. The van der Waals surface area contributed by atoms with Crippen LogP contribution < -0.4 is 5.73 Å². The molecule has 9 heteroatoms. The fourth-order valence-electron chi connectivity index (χ4n) is 1.43. The average Bonchev–Trinajstić information content (AvgIpc) is 3.06. The van der Waals surface area contributed by atoms with Crippen LogP contribution in [-0.4, -0.2) is 20.3 Å². The molecule has 0 amide bonds. The van der Waals surface area contributed by atoms with Gasteiger partial charge in [0, 0.05) is 10.6 Å². The van der Waals surface area contributed by atoms with Crippen molar-refractivity contribution in [2.75, 3.05) is 5.73 Å². The lowest BCUT2D eigenvalue weighted by Gasteiger charge is -1.93. The highest BCUT2D eigenvalue weighted by Crippen LogP contribution is 2.27. The van der Waals surface area contributed by atoms with Gasteiger partial charge in [-0.15, -0.1) is 10.2 Å². The van der Waals surface area contributed by atoms with Crippen molar-refractivity contribution in [2.45, 2.75) is 10.1 Å². The van der Waals surface area contributed by atoms with Gasteiger partial charge in [-0.1, -0.05) is 39.9 Å². The number of nitrogen functional groups attached to an aromatic ring is 1. The van der Waals surface area contributed by atoms with Gasteiger partial charge in [0.25, 0.3) is 0 Å². The van der Waals surface area contributed by atoms with Gasteiger partial charge in [0.15, 0.2) is 4.34 Å². The van der Waals surface area contributed by atoms with E-state index in [-0.39, 0.29) is 0 Å². The lowest BCUT2D eigenvalue weighted by molar-refractivity contribution is 0.391. The Morgan fingerprint density at radius 3 is 2.75 bits per heavy atom. The molecule has 0 aliphatic rings. The summed E-state index contributed by atoms with van der Waals surface area (Å²) in [5.74, 6) is 1.58. The van der Waals surface area contributed by atoms with Crippen LogP contribution in [0.4, 0.5) is 5.13 Å². The number of hydrogen-bond acceptors (Lipinski definition) is 8. The molecule has 0 saturated heterocycles. The fourth-order valence-corrected chi connectivity index (χ4v) is 3.03. The van der Waals surface area contributed by atoms with Gasteiger partial charge in [0.1, 0.15) is 0 Å². The van der Waals surface area contributed by atoms with E-state index < -0.39 is 0 Å². The van der Waals surface area contributed by atoms with E-state index in [0.29, 0.717) is 27.6 Å². The van der Waals surface area contributed by atoms with Crippen LogP contribution in [-0.2, 0) is 5.75 Å². The van der Waals surface area contributed by atoms with Crippen molar-refractivity contribution < 1.29 is 4.52 Å². The maximum atomic E-state index is 5.83. The van der Waals surface area contributed by atoms with E-state index in [1.807, 2.05) is 12.1 Å². The topological polar surface area (TPSA) is 90.7 Å². The molecule has 0 bridgehead atoms. The van der Waals surface area contributed by atoms with E-state index in [2.05, 4.69) is 20.3 Å². The summed E-state index contributed by atoms with van der Waals surface area (Å²) in [4.78, 5) is 4.32. The predicted octanol–water partition coefficient (Wildman–Crippen LogP) is 3.12. The number of rotatable bonds is 4. The summed E-state index contributed by atoms with van der Waals surface area (Å²) in [5, 5.41) is 12.7. The minimum Gasteiger partial charge on any atom is -0.374 e. The molecule has 2 N–H and O–H groups in total. The van der Waals surface area contributed by atoms with Crippen molar-refractivity contribution in [3.8, 4) is 11.4 Å². The molecule has 1 aromatic carbocycles. The molecule has 102 valence electrons. The Bertz CT molecular complexity index is 712. The molecule has 2 heterocycles. The third-order valence-corrected chi connectivity index (χ3v) is 4.43. The molecule has 6 nitrogen and oxygen atoms in total. The number of aromatic nitrogens is 4. The first kappa shape index (κ1) is 13.3. The zero-order valence-corrected chi connectivity index (χ0v) is 12.4. The highest BCUT2D eigenvalue weighted by molar-refractivity contribution is 8.00. The Labute approximate surface area is 127 Å². The second-order valence-corrected chi connectivity index (χ2v) is 6.38. The van der Waals surface area contributed by atoms with E-state index in [4.69, 9.17) is 21.9 Å². The van der Waals surface area contributed by atoms with Gasteiger partial charge in [-0.05, 0) is 24.3 Å². The van der Waals surface area contributed by atoms with E-state index in [9.17, 15) is 0 Å². The van der Waals surface area contributed by atoms with Crippen molar-refractivity contribution in [2.24, 2.45) is 0 Å². The highest BCUT2D eigenvalue weighted by atomic mass is 35.5. The number of nitrogens with zero attached hydrogens (tertiary/aromatic N) is 4. The molecule has 20 heavy (non-hydrogen) atoms. The Morgan fingerprint density at radius 1 is 1.25 bits per heavy atom. The van der Waals surface area contributed by atoms with Gasteiger partial charge in [0.05, 0.1) is 5.75 Å². The molecule has 2 aromatic heterocycles. The van der Waals surface area contributed by atoms with Crippen molar-refractivity contribution >= 4 is 39.8 Å². The monoisotopic (exact) mass is 325 g/mol. The molecule has 0 aliphatic carbocycles. The van der Waals surface area contributed by atoms with E-state index >= 15 is 0 Å². The average molecular weight is 326 g/mol. The Morgan fingerprint density at radius 2 is 2.05 bits per heavy atom. The third kappa shape index (κ3) is 3.09. The van der Waals surface area contributed by atoms with Gasteiger partial charge < -0.3 is 10.3 Å². The molecule has 0 saturated carbocycles. The van der Waals surface area contributed by atoms with Crippen LogP contribution in [0.25, 0.3) is 11.4 Å². The van der Waals surface area contributed by atoms with E-state index in [1.165, 1.54) is 23.1 Å². The van der Waals surface area contributed by atoms with Gasteiger partial charge in [-0.2, -0.15) is 4.98 Å². The summed E-state index contributed by atoms with van der Waals surface area (Å²) in [5.41, 5.74) is 6.37. The molecule has 3 aromatic rings. The van der Waals surface area contributed by atoms with Crippen LogP contribution in [0.2, 0.25) is 5.02 Å². The summed E-state index contributed by atoms with van der Waals surface area (Å²) < 4.78 is 5.96. The maximum Gasteiger partial charge on any atom is 0.237 e. The van der Waals surface area contributed by atoms with Crippen LogP contribution in [0.3, 0.4) is 0 Å². The Kier molecular flexibility index (Phi) is 3.86. The molecule has 0 radical (unpaired) electrons. The molecular formula is C11H8ClN5OS2. The zero-order valence-electron chi connectivity index (χ0n) is 9.99. The van der Waals surface area contributed by atoms with E-state index in [1.54, 1.807) is 12.1 Å². The largest absolute Gasteiger partial charge is 0.374 e. The van der Waals surface area contributed by atoms with Crippen LogP contribution in [0, 0.1) is 0 Å². The molecule has 0 unspecified atom stereocenters. The minimum atomic E-state index is 0.444. The predicted molar refractivity (Wildman–Crippen MR) is 78.6 cm³/mol. The van der Waals surface area contributed by atoms with Crippen LogP contribution in [0.1, 0.15) is 5.89 Å². The van der Waals surface area contributed by atoms with E-state index in [0.717, 1.165) is 9.90 Å². The van der Waals surface area contributed by atoms with Crippen molar-refractivity contribution in [1.82, 2.24) is 20.3 Å². The number of benzene rings is 1. The van der Waals surface area contributed by atoms with Crippen molar-refractivity contribution in [3.63, 3.8) is 0 Å². The van der Waals surface area contributed by atoms with Crippen molar-refractivity contribution in [3.05, 3.63) is 35.2 Å². The molecule has 0 fully saturated rings. The maximum absolute atomic E-state index is 5.83. The van der Waals surface area contributed by atoms with Gasteiger partial charge in [-0.3, -0.25) is 0 Å². The molecule has 3 rings (SSSR count). The summed E-state index contributed by atoms with van der Waals surface area (Å²) in [6.07, 6.45) is 0. The highest BCUT2D eigenvalue weighted by Gasteiger charge is 2.10. The molecule has 0 aliphatic heterocycles. The number of anilines is 1. The minimum absolute atomic E-state index is 0.444. The third-order valence-electron chi connectivity index (χ3n) is 2.31. The van der Waals surface area contributed by atoms with Gasteiger partial charge in [0.2, 0.25) is 16.8 Å². The van der Waals surface area contributed by atoms with Crippen LogP contribution >= 0.6 is 34.7 Å². The number of nitrogens with two attached hydrogens (primary N) is 1. The number of halogens is 1. The zero-order chi connectivity index (χ0) is 13.9. The first-order valence-corrected chi connectivity index (χ1v) is 7.69. The Balaban J connectivity index is 1.69. The second kappa shape index (κ2) is 5.78. The lowest BCUT2D eigenvalue weighted by Crippen LogP contribution is -1.82. The normalized spacial score (nSPS) is 10.8. The van der Waals surface area contributed by atoms with Crippen LogP contribution in [0.5, 0.6) is 0 Å². The smallest absolute Gasteiger partial charge is 0.237 e.